The van der Waals surface area contributed by atoms with Crippen LogP contribution in [0.25, 0.3) is 0 Å². The Bertz CT molecular complexity index is 442. The molecular weight excluding hydrogens is 238 g/mol. The first kappa shape index (κ1) is 10.9. The topological polar surface area (TPSA) is 66.1 Å². The van der Waals surface area contributed by atoms with Crippen molar-refractivity contribution in [2.24, 2.45) is 0 Å². The number of imidazole rings is 1. The van der Waals surface area contributed by atoms with Crippen LogP contribution in [-0.2, 0) is 23.0 Å². The van der Waals surface area contributed by atoms with E-state index in [9.17, 15) is 8.42 Å². The average molecular weight is 250 g/mol. The lowest BCUT2D eigenvalue weighted by atomic mass is 10.2. The third-order valence-electron chi connectivity index (χ3n) is 2.47. The van der Waals surface area contributed by atoms with Crippen molar-refractivity contribution in [1.29, 1.82) is 0 Å². The zero-order chi connectivity index (χ0) is 10.9. The molecule has 0 amide bonds. The summed E-state index contributed by atoms with van der Waals surface area (Å²) in [5.41, 5.74) is 1.85. The third-order valence-corrected chi connectivity index (χ3v) is 4.70. The lowest BCUT2D eigenvalue weighted by molar-refractivity contribution is 0.386. The zero-order valence-corrected chi connectivity index (χ0v) is 9.68. The molecule has 5 nitrogen and oxygen atoms in total. The van der Waals surface area contributed by atoms with Crippen molar-refractivity contribution < 1.29 is 8.42 Å². The molecule has 0 atom stereocenters. The van der Waals surface area contributed by atoms with E-state index in [-0.39, 0.29) is 11.6 Å². The number of aromatic amines is 1. The molecule has 7 heteroatoms. The van der Waals surface area contributed by atoms with E-state index in [1.165, 1.54) is 4.31 Å². The first-order chi connectivity index (χ1) is 7.13. The maximum Gasteiger partial charge on any atom is 0.215 e. The highest BCUT2D eigenvalue weighted by Crippen LogP contribution is 2.18. The summed E-state index contributed by atoms with van der Waals surface area (Å²) in [6, 6.07) is 0. The molecule has 1 aromatic heterocycles. The van der Waals surface area contributed by atoms with Gasteiger partial charge < -0.3 is 4.98 Å². The van der Waals surface area contributed by atoms with Gasteiger partial charge in [0.15, 0.2) is 0 Å². The molecule has 1 aliphatic rings. The molecule has 1 aliphatic heterocycles. The van der Waals surface area contributed by atoms with Crippen molar-refractivity contribution in [1.82, 2.24) is 14.3 Å². The van der Waals surface area contributed by atoms with Crippen molar-refractivity contribution in [2.45, 2.75) is 13.0 Å². The summed E-state index contributed by atoms with van der Waals surface area (Å²) in [5, 5.41) is 0. The SMILES string of the molecule is O=S(=O)(CCCl)N1CCc2nc[nH]c2C1. The van der Waals surface area contributed by atoms with Crippen LogP contribution >= 0.6 is 11.6 Å². The number of H-pyrrole nitrogens is 1. The summed E-state index contributed by atoms with van der Waals surface area (Å²) >= 11 is 5.46. The Morgan fingerprint density at radius 3 is 3.13 bits per heavy atom. The van der Waals surface area contributed by atoms with Gasteiger partial charge in [-0.3, -0.25) is 0 Å². The number of hydrogen-bond acceptors (Lipinski definition) is 3. The molecule has 84 valence electrons. The normalized spacial score (nSPS) is 17.7. The molecule has 0 saturated carbocycles. The van der Waals surface area contributed by atoms with Crippen molar-refractivity contribution in [3.8, 4) is 0 Å². The van der Waals surface area contributed by atoms with Crippen LogP contribution in [0.1, 0.15) is 11.4 Å². The van der Waals surface area contributed by atoms with E-state index in [0.717, 1.165) is 11.4 Å². The van der Waals surface area contributed by atoms with Crippen molar-refractivity contribution in [3.05, 3.63) is 17.7 Å². The zero-order valence-electron chi connectivity index (χ0n) is 8.11. The lowest BCUT2D eigenvalue weighted by Gasteiger charge is -2.25. The standard InChI is InChI=1S/C8H12ClN3O2S/c9-2-4-15(13,14)12-3-1-7-8(5-12)11-6-10-7/h6H,1-5H2,(H,10,11). The number of aromatic nitrogens is 2. The molecule has 0 aliphatic carbocycles. The summed E-state index contributed by atoms with van der Waals surface area (Å²) < 4.78 is 24.9. The molecule has 0 fully saturated rings. The van der Waals surface area contributed by atoms with Gasteiger partial charge in [0.2, 0.25) is 10.0 Å². The second kappa shape index (κ2) is 4.11. The molecule has 0 unspecified atom stereocenters. The summed E-state index contributed by atoms with van der Waals surface area (Å²) in [6.45, 7) is 0.881. The van der Waals surface area contributed by atoms with Crippen LogP contribution in [0.5, 0.6) is 0 Å². The largest absolute Gasteiger partial charge is 0.347 e. The minimum absolute atomic E-state index is 0.00196. The highest BCUT2D eigenvalue weighted by molar-refractivity contribution is 7.89. The minimum atomic E-state index is -3.20. The third kappa shape index (κ3) is 2.16. The molecule has 0 bridgehead atoms. The Labute approximate surface area is 93.5 Å². The van der Waals surface area contributed by atoms with Gasteiger partial charge in [0.25, 0.3) is 0 Å². The van der Waals surface area contributed by atoms with Crippen LogP contribution in [0.15, 0.2) is 6.33 Å². The van der Waals surface area contributed by atoms with Gasteiger partial charge in [-0.15, -0.1) is 11.6 Å². The maximum atomic E-state index is 11.7. The molecule has 0 radical (unpaired) electrons. The number of sulfonamides is 1. The number of hydrogen-bond donors (Lipinski definition) is 1. The molecule has 15 heavy (non-hydrogen) atoms. The fraction of sp³-hybridized carbons (Fsp3) is 0.625. The van der Waals surface area contributed by atoms with Crippen LogP contribution < -0.4 is 0 Å². The van der Waals surface area contributed by atoms with Gasteiger partial charge in [0.1, 0.15) is 0 Å². The fourth-order valence-corrected chi connectivity index (χ4v) is 3.39. The minimum Gasteiger partial charge on any atom is -0.347 e. The first-order valence-electron chi connectivity index (χ1n) is 4.68. The highest BCUT2D eigenvalue weighted by atomic mass is 35.5. The second-order valence-electron chi connectivity index (χ2n) is 3.42. The summed E-state index contributed by atoms with van der Waals surface area (Å²) in [4.78, 5) is 7.07. The quantitative estimate of drug-likeness (QED) is 0.786. The number of halogens is 1. The van der Waals surface area contributed by atoms with Gasteiger partial charge in [-0.25, -0.2) is 13.4 Å². The Kier molecular flexibility index (Phi) is 2.99. The van der Waals surface area contributed by atoms with Gasteiger partial charge in [0, 0.05) is 18.8 Å². The van der Waals surface area contributed by atoms with Crippen molar-refractivity contribution >= 4 is 21.6 Å². The molecular formula is C8H12ClN3O2S. The number of fused-ring (bicyclic) bond motifs is 1. The van der Waals surface area contributed by atoms with E-state index >= 15 is 0 Å². The van der Waals surface area contributed by atoms with Gasteiger partial charge in [-0.05, 0) is 0 Å². The van der Waals surface area contributed by atoms with Gasteiger partial charge in [-0.1, -0.05) is 0 Å². The lowest BCUT2D eigenvalue weighted by Crippen LogP contribution is -2.37. The molecule has 1 N–H and O–H groups in total. The average Bonchev–Trinajstić information content (AvgIpc) is 2.63. The fourth-order valence-electron chi connectivity index (χ4n) is 1.65. The Morgan fingerprint density at radius 2 is 2.40 bits per heavy atom. The Morgan fingerprint density at radius 1 is 1.60 bits per heavy atom. The number of alkyl halides is 1. The maximum absolute atomic E-state index is 11.7. The monoisotopic (exact) mass is 249 g/mol. The van der Waals surface area contributed by atoms with Gasteiger partial charge >= 0.3 is 0 Å². The Hall–Kier alpha value is -0.590. The molecule has 0 saturated heterocycles. The van der Waals surface area contributed by atoms with Crippen LogP contribution in [0.3, 0.4) is 0 Å². The van der Waals surface area contributed by atoms with Gasteiger partial charge in [-0.2, -0.15) is 4.31 Å². The van der Waals surface area contributed by atoms with Crippen molar-refractivity contribution in [3.63, 3.8) is 0 Å². The first-order valence-corrected chi connectivity index (χ1v) is 6.83. The van der Waals surface area contributed by atoms with Crippen LogP contribution in [0.4, 0.5) is 0 Å². The highest BCUT2D eigenvalue weighted by Gasteiger charge is 2.27. The Balaban J connectivity index is 2.16. The van der Waals surface area contributed by atoms with E-state index < -0.39 is 10.0 Å². The smallest absolute Gasteiger partial charge is 0.215 e. The predicted molar refractivity (Wildman–Crippen MR) is 57.2 cm³/mol. The number of nitrogens with one attached hydrogen (secondary N) is 1. The summed E-state index contributed by atoms with van der Waals surface area (Å²) in [6.07, 6.45) is 2.27. The van der Waals surface area contributed by atoms with E-state index in [1.54, 1.807) is 6.33 Å². The molecule has 2 heterocycles. The van der Waals surface area contributed by atoms with Crippen molar-refractivity contribution in [2.75, 3.05) is 18.2 Å². The predicted octanol–water partition coefficient (Wildman–Crippen LogP) is 0.336. The summed E-state index contributed by atoms with van der Waals surface area (Å²) in [5.74, 6) is 0.132. The number of rotatable bonds is 3. The molecule has 2 rings (SSSR count). The number of nitrogens with zero attached hydrogens (tertiary/aromatic N) is 2. The molecule has 0 aromatic carbocycles. The van der Waals surface area contributed by atoms with Crippen LogP contribution in [-0.4, -0.2) is 40.9 Å². The van der Waals surface area contributed by atoms with E-state index in [1.807, 2.05) is 0 Å². The molecule has 0 spiro atoms. The molecule has 1 aromatic rings. The summed E-state index contributed by atoms with van der Waals surface area (Å²) in [7, 11) is -3.20. The van der Waals surface area contributed by atoms with Crippen LogP contribution in [0.2, 0.25) is 0 Å². The van der Waals surface area contributed by atoms with E-state index in [4.69, 9.17) is 11.6 Å². The van der Waals surface area contributed by atoms with Crippen LogP contribution in [0, 0.1) is 0 Å². The second-order valence-corrected chi connectivity index (χ2v) is 5.88. The van der Waals surface area contributed by atoms with Gasteiger partial charge in [0.05, 0.1) is 30.0 Å². The van der Waals surface area contributed by atoms with E-state index in [2.05, 4.69) is 9.97 Å². The van der Waals surface area contributed by atoms with E-state index in [0.29, 0.717) is 19.5 Å².